The van der Waals surface area contributed by atoms with Crippen LogP contribution in [0.15, 0.2) is 17.6 Å². The minimum Gasteiger partial charge on any atom is -0.306 e. The van der Waals surface area contributed by atoms with Crippen molar-refractivity contribution >= 4 is 0 Å². The van der Waals surface area contributed by atoms with Gasteiger partial charge in [-0.3, -0.25) is 0 Å². The molecule has 0 amide bonds. The largest absolute Gasteiger partial charge is 0.306 e. The zero-order valence-corrected chi connectivity index (χ0v) is 3.27. The van der Waals surface area contributed by atoms with Gasteiger partial charge in [-0.25, -0.2) is 0 Å². The molecule has 32 valence electrons. The maximum Gasteiger partial charge on any atom is 0.229 e. The van der Waals surface area contributed by atoms with Crippen LogP contribution in [-0.2, 0) is 4.84 Å². The van der Waals surface area contributed by atoms with E-state index in [2.05, 4.69) is 21.8 Å². The second-order valence-corrected chi connectivity index (χ2v) is 1.06. The lowest BCUT2D eigenvalue weighted by Crippen LogP contribution is -2.62. The number of hydrogen-bond acceptors (Lipinski definition) is 2. The van der Waals surface area contributed by atoms with Crippen LogP contribution in [0.3, 0.4) is 0 Å². The number of hydrogen-bond donors (Lipinski definition) is 1. The van der Waals surface area contributed by atoms with Crippen LogP contribution in [0.1, 0.15) is 0 Å². The van der Waals surface area contributed by atoms with E-state index < -0.39 is 0 Å². The third-order valence-electron chi connectivity index (χ3n) is 0.516. The maximum absolute atomic E-state index is 4.47. The molecule has 1 aliphatic heterocycles. The van der Waals surface area contributed by atoms with Crippen molar-refractivity contribution in [2.24, 2.45) is 5.28 Å². The van der Waals surface area contributed by atoms with E-state index in [1.807, 2.05) is 0 Å². The summed E-state index contributed by atoms with van der Waals surface area (Å²) >= 11 is 0. The van der Waals surface area contributed by atoms with E-state index in [9.17, 15) is 0 Å². The highest BCUT2D eigenvalue weighted by Gasteiger charge is 2.04. The Bertz CT molecular complexity index is 87.0. The van der Waals surface area contributed by atoms with Gasteiger partial charge in [0, 0.05) is 0 Å². The van der Waals surface area contributed by atoms with Gasteiger partial charge in [0.2, 0.25) is 12.3 Å². The molecule has 0 aromatic rings. The van der Waals surface area contributed by atoms with Gasteiger partial charge in [0.15, 0.2) is 5.28 Å². The van der Waals surface area contributed by atoms with Crippen LogP contribution in [0, 0.1) is 0 Å². The second-order valence-electron chi connectivity index (χ2n) is 1.06. The topological polar surface area (TPSA) is 35.6 Å². The Balaban J connectivity index is 2.52. The van der Waals surface area contributed by atoms with Crippen LogP contribution in [-0.4, -0.2) is 6.54 Å². The van der Waals surface area contributed by atoms with E-state index in [1.165, 1.54) is 0 Å². The highest BCUT2D eigenvalue weighted by Crippen LogP contribution is 1.88. The first kappa shape index (κ1) is 3.33. The molecule has 6 heavy (non-hydrogen) atoms. The van der Waals surface area contributed by atoms with Gasteiger partial charge in [0.25, 0.3) is 0 Å². The van der Waals surface area contributed by atoms with Crippen molar-refractivity contribution in [2.75, 3.05) is 6.54 Å². The minimum atomic E-state index is 0.653. The molecule has 1 N–H and O–H groups in total. The lowest BCUT2D eigenvalue weighted by Gasteiger charge is -1.73. The Morgan fingerprint density at radius 3 is 3.00 bits per heavy atom. The van der Waals surface area contributed by atoms with Crippen LogP contribution in [0.4, 0.5) is 0 Å². The summed E-state index contributed by atoms with van der Waals surface area (Å²) < 4.78 is 0. The van der Waals surface area contributed by atoms with Crippen molar-refractivity contribution in [3.8, 4) is 0 Å². The third kappa shape index (κ3) is 0.381. The van der Waals surface area contributed by atoms with Crippen LogP contribution >= 0.6 is 0 Å². The molecule has 0 saturated carbocycles. The molecule has 0 fully saturated rings. The molecule has 0 aliphatic carbocycles. The number of nitrogens with one attached hydrogen (secondary N) is 1. The third-order valence-corrected chi connectivity index (χ3v) is 0.516. The van der Waals surface area contributed by atoms with Crippen LogP contribution in [0.5, 0.6) is 0 Å². The molecule has 0 spiro atoms. The lowest BCUT2D eigenvalue weighted by atomic mass is 10.6. The Morgan fingerprint density at radius 1 is 2.00 bits per heavy atom. The molecule has 3 heteroatoms. The monoisotopic (exact) mass is 85.0 g/mol. The van der Waals surface area contributed by atoms with Crippen LogP contribution < -0.4 is 5.11 Å². The van der Waals surface area contributed by atoms with E-state index in [0.29, 0.717) is 12.3 Å². The van der Waals surface area contributed by atoms with Crippen molar-refractivity contribution in [1.82, 2.24) is 0 Å². The summed E-state index contributed by atoms with van der Waals surface area (Å²) in [5.41, 5.74) is 0. The summed E-state index contributed by atoms with van der Waals surface area (Å²) in [5, 5.41) is 5.89. The van der Waals surface area contributed by atoms with E-state index in [4.69, 9.17) is 0 Å². The fourth-order valence-corrected chi connectivity index (χ4v) is 0.250. The van der Waals surface area contributed by atoms with E-state index in [1.54, 1.807) is 0 Å². The molecule has 1 aliphatic rings. The van der Waals surface area contributed by atoms with Gasteiger partial charge in [-0.1, -0.05) is 11.7 Å². The molecule has 3 nitrogen and oxygen atoms in total. The van der Waals surface area contributed by atoms with Crippen molar-refractivity contribution in [3.63, 3.8) is 0 Å². The standard InChI is InChI=1S/C3H4N2O/c1-3-2-4-5-6-3/h1-2H2/p+1. The summed E-state index contributed by atoms with van der Waals surface area (Å²) in [7, 11) is 0. The quantitative estimate of drug-likeness (QED) is 0.401. The van der Waals surface area contributed by atoms with Crippen molar-refractivity contribution in [1.29, 1.82) is 0 Å². The number of rotatable bonds is 0. The Kier molecular flexibility index (Phi) is 0.602. The minimum absolute atomic E-state index is 0.653. The molecule has 0 bridgehead atoms. The SMILES string of the molecule is C=C1C[NH+]=NO1. The van der Waals surface area contributed by atoms with Crippen molar-refractivity contribution in [3.05, 3.63) is 12.3 Å². The van der Waals surface area contributed by atoms with E-state index >= 15 is 0 Å². The zero-order chi connectivity index (χ0) is 4.41. The van der Waals surface area contributed by atoms with Crippen molar-refractivity contribution < 1.29 is 9.95 Å². The van der Waals surface area contributed by atoms with Gasteiger partial charge < -0.3 is 4.84 Å². The smallest absolute Gasteiger partial charge is 0.229 e. The van der Waals surface area contributed by atoms with Crippen LogP contribution in [0.2, 0.25) is 0 Å². The molecular formula is C3H5N2O+. The Labute approximate surface area is 35.3 Å². The Hall–Kier alpha value is -0.860. The second kappa shape index (κ2) is 1.08. The summed E-state index contributed by atoms with van der Waals surface area (Å²) in [4.78, 5) is 4.47. The average molecular weight is 85.1 g/mol. The van der Waals surface area contributed by atoms with Crippen molar-refractivity contribution in [2.45, 2.75) is 0 Å². The summed E-state index contributed by atoms with van der Waals surface area (Å²) in [6, 6.07) is 0. The predicted octanol–water partition coefficient (Wildman–Crippen LogP) is -1.02. The highest BCUT2D eigenvalue weighted by atomic mass is 16.7. The molecule has 0 radical (unpaired) electrons. The van der Waals surface area contributed by atoms with Gasteiger partial charge in [-0.2, -0.15) is 0 Å². The molecule has 0 aromatic heterocycles. The normalized spacial score (nSPS) is 18.3. The molecule has 1 heterocycles. The summed E-state index contributed by atoms with van der Waals surface area (Å²) in [5.74, 6) is 0.676. The molecular weight excluding hydrogens is 80.0 g/mol. The molecule has 0 saturated heterocycles. The van der Waals surface area contributed by atoms with Gasteiger partial charge in [0.05, 0.1) is 0 Å². The Morgan fingerprint density at radius 2 is 2.83 bits per heavy atom. The van der Waals surface area contributed by atoms with Gasteiger partial charge in [-0.15, -0.1) is 0 Å². The molecule has 0 aromatic carbocycles. The fraction of sp³-hybridized carbons (Fsp3) is 0.333. The van der Waals surface area contributed by atoms with Gasteiger partial charge in [0.1, 0.15) is 0 Å². The first-order valence-electron chi connectivity index (χ1n) is 1.67. The lowest BCUT2D eigenvalue weighted by molar-refractivity contribution is -0.524. The predicted molar refractivity (Wildman–Crippen MR) is 18.5 cm³/mol. The summed E-state index contributed by atoms with van der Waals surface area (Å²) in [6.07, 6.45) is 0. The molecule has 1 rings (SSSR count). The average Bonchev–Trinajstić information content (AvgIpc) is 1.86. The van der Waals surface area contributed by atoms with E-state index in [-0.39, 0.29) is 0 Å². The maximum atomic E-state index is 4.47. The molecule has 0 unspecified atom stereocenters. The van der Waals surface area contributed by atoms with Gasteiger partial charge >= 0.3 is 0 Å². The highest BCUT2D eigenvalue weighted by molar-refractivity contribution is 4.79. The zero-order valence-electron chi connectivity index (χ0n) is 3.27. The van der Waals surface area contributed by atoms with Gasteiger partial charge in [-0.05, 0) is 0 Å². The first-order valence-corrected chi connectivity index (χ1v) is 1.67. The first-order chi connectivity index (χ1) is 2.89. The van der Waals surface area contributed by atoms with Crippen LogP contribution in [0.25, 0.3) is 0 Å². The number of nitrogens with zero attached hydrogens (tertiary/aromatic N) is 1. The molecule has 0 atom stereocenters. The van der Waals surface area contributed by atoms with E-state index in [0.717, 1.165) is 0 Å². The fourth-order valence-electron chi connectivity index (χ4n) is 0.250. The summed E-state index contributed by atoms with van der Waals surface area (Å²) in [6.45, 7) is 4.13.